The Labute approximate surface area is 111 Å². The highest BCUT2D eigenvalue weighted by atomic mass is 28.3. The normalized spacial score (nSPS) is 27.2. The molecule has 1 saturated carbocycles. The molecule has 0 heterocycles. The van der Waals surface area contributed by atoms with Gasteiger partial charge in [0.15, 0.2) is 5.76 Å². The first kappa shape index (κ1) is 13.6. The minimum absolute atomic E-state index is 0.0368. The summed E-state index contributed by atoms with van der Waals surface area (Å²) in [7, 11) is -1.67. The van der Waals surface area contributed by atoms with Crippen LogP contribution < -0.4 is 0 Å². The zero-order chi connectivity index (χ0) is 13.5. The molecule has 0 aromatic rings. The van der Waals surface area contributed by atoms with Crippen molar-refractivity contribution in [1.29, 1.82) is 0 Å². The number of allylic oxidation sites excluding steroid dienone is 2. The van der Waals surface area contributed by atoms with Gasteiger partial charge in [-0.2, -0.15) is 0 Å². The second-order valence-corrected chi connectivity index (χ2v) is 11.8. The third kappa shape index (κ3) is 2.20. The number of aliphatic hydroxyl groups is 1. The average molecular weight is 264 g/mol. The van der Waals surface area contributed by atoms with E-state index in [0.29, 0.717) is 11.5 Å². The summed E-state index contributed by atoms with van der Waals surface area (Å²) in [6, 6.07) is 0. The van der Waals surface area contributed by atoms with Crippen LogP contribution in [-0.4, -0.2) is 19.0 Å². The van der Waals surface area contributed by atoms with E-state index in [9.17, 15) is 9.90 Å². The van der Waals surface area contributed by atoms with Gasteiger partial charge in [-0.1, -0.05) is 45.5 Å². The molecule has 0 spiro atoms. The molecular formula is C15H24O2Si. The van der Waals surface area contributed by atoms with Gasteiger partial charge in [-0.15, -0.1) is 0 Å². The van der Waals surface area contributed by atoms with E-state index in [4.69, 9.17) is 0 Å². The van der Waals surface area contributed by atoms with E-state index >= 15 is 0 Å². The van der Waals surface area contributed by atoms with Crippen LogP contribution in [0.25, 0.3) is 0 Å². The van der Waals surface area contributed by atoms with Crippen molar-refractivity contribution in [3.05, 3.63) is 23.1 Å². The van der Waals surface area contributed by atoms with Crippen molar-refractivity contribution in [2.24, 2.45) is 11.8 Å². The molecule has 3 heteroatoms. The van der Waals surface area contributed by atoms with Crippen LogP contribution in [-0.2, 0) is 4.79 Å². The van der Waals surface area contributed by atoms with E-state index < -0.39 is 8.07 Å². The molecule has 2 aliphatic rings. The predicted octanol–water partition coefficient (Wildman–Crippen LogP) is 4.01. The van der Waals surface area contributed by atoms with Crippen molar-refractivity contribution >= 4 is 13.9 Å². The van der Waals surface area contributed by atoms with Crippen LogP contribution >= 0.6 is 0 Å². The number of hydrogen-bond donors (Lipinski definition) is 1. The summed E-state index contributed by atoms with van der Waals surface area (Å²) in [5, 5.41) is 11.2. The van der Waals surface area contributed by atoms with Crippen LogP contribution in [0.2, 0.25) is 19.6 Å². The number of Topliss-reactive ketones (excluding diaryl/α,β-unsaturated/α-hetero) is 1. The van der Waals surface area contributed by atoms with Crippen LogP contribution in [0.5, 0.6) is 0 Å². The molecule has 1 atom stereocenters. The Morgan fingerprint density at radius 1 is 1.17 bits per heavy atom. The number of ketones is 1. The van der Waals surface area contributed by atoms with E-state index in [1.54, 1.807) is 0 Å². The topological polar surface area (TPSA) is 37.3 Å². The number of aliphatic hydroxyl groups excluding tert-OH is 1. The summed E-state index contributed by atoms with van der Waals surface area (Å²) in [5.74, 6) is 0.517. The highest BCUT2D eigenvalue weighted by Gasteiger charge is 2.45. The Kier molecular flexibility index (Phi) is 3.54. The summed E-state index contributed by atoms with van der Waals surface area (Å²) < 4.78 is 0. The van der Waals surface area contributed by atoms with Gasteiger partial charge in [0.2, 0.25) is 5.78 Å². The van der Waals surface area contributed by atoms with E-state index in [1.165, 1.54) is 32.1 Å². The smallest absolute Gasteiger partial charge is 0.222 e. The molecule has 2 nitrogen and oxygen atoms in total. The molecular weight excluding hydrogens is 240 g/mol. The molecule has 0 radical (unpaired) electrons. The maximum atomic E-state index is 12.0. The van der Waals surface area contributed by atoms with Crippen molar-refractivity contribution in [2.45, 2.75) is 51.7 Å². The maximum Gasteiger partial charge on any atom is 0.222 e. The zero-order valence-electron chi connectivity index (χ0n) is 11.8. The van der Waals surface area contributed by atoms with Crippen molar-refractivity contribution < 1.29 is 9.90 Å². The average Bonchev–Trinajstić information content (AvgIpc) is 2.54. The molecule has 18 heavy (non-hydrogen) atoms. The molecule has 2 aliphatic carbocycles. The predicted molar refractivity (Wildman–Crippen MR) is 77.2 cm³/mol. The number of hydrogen-bond acceptors (Lipinski definition) is 2. The van der Waals surface area contributed by atoms with Crippen molar-refractivity contribution in [3.63, 3.8) is 0 Å². The molecule has 100 valence electrons. The van der Waals surface area contributed by atoms with Gasteiger partial charge >= 0.3 is 0 Å². The molecule has 0 aromatic heterocycles. The van der Waals surface area contributed by atoms with Crippen molar-refractivity contribution in [3.8, 4) is 0 Å². The van der Waals surface area contributed by atoms with Crippen LogP contribution in [0, 0.1) is 11.8 Å². The Bertz CT molecular complexity index is 409. The minimum Gasteiger partial charge on any atom is -0.504 e. The standard InChI is InChI=1S/C15H24O2Si/c1-10-12(11-8-6-5-7-9-11)15(18(2,3)4)14(17)13(10)16/h11-12,17H,1,5-9H2,2-4H3/t12-/m1/s1. The fourth-order valence-corrected chi connectivity index (χ4v) is 5.71. The van der Waals surface area contributed by atoms with Gasteiger partial charge in [0.05, 0.1) is 8.07 Å². The highest BCUT2D eigenvalue weighted by Crippen LogP contribution is 2.46. The minimum atomic E-state index is -1.67. The first-order chi connectivity index (χ1) is 8.34. The highest BCUT2D eigenvalue weighted by molar-refractivity contribution is 6.84. The maximum absolute atomic E-state index is 12.0. The fourth-order valence-electron chi connectivity index (χ4n) is 3.55. The lowest BCUT2D eigenvalue weighted by Crippen LogP contribution is -2.32. The first-order valence-corrected chi connectivity index (χ1v) is 10.5. The lowest BCUT2D eigenvalue weighted by atomic mass is 9.78. The lowest BCUT2D eigenvalue weighted by Gasteiger charge is -2.33. The number of carbonyl (C=O) groups excluding carboxylic acids is 1. The quantitative estimate of drug-likeness (QED) is 0.604. The molecule has 0 amide bonds. The van der Waals surface area contributed by atoms with E-state index in [0.717, 1.165) is 5.20 Å². The fraction of sp³-hybridized carbons (Fsp3) is 0.667. The molecule has 0 unspecified atom stereocenters. The third-order valence-electron chi connectivity index (χ3n) is 4.38. The number of rotatable bonds is 2. The molecule has 0 aromatic carbocycles. The molecule has 0 bridgehead atoms. The number of carbonyl (C=O) groups is 1. The molecule has 1 N–H and O–H groups in total. The summed E-state index contributed by atoms with van der Waals surface area (Å²) >= 11 is 0. The Morgan fingerprint density at radius 2 is 1.72 bits per heavy atom. The summed E-state index contributed by atoms with van der Waals surface area (Å²) in [6.07, 6.45) is 6.17. The van der Waals surface area contributed by atoms with Gasteiger partial charge in [0.25, 0.3) is 0 Å². The van der Waals surface area contributed by atoms with Crippen LogP contribution in [0.4, 0.5) is 0 Å². The second-order valence-electron chi connectivity index (χ2n) is 6.74. The van der Waals surface area contributed by atoms with Gasteiger partial charge in [0, 0.05) is 11.5 Å². The van der Waals surface area contributed by atoms with Crippen LogP contribution in [0.15, 0.2) is 23.1 Å². The van der Waals surface area contributed by atoms with Gasteiger partial charge < -0.3 is 5.11 Å². The van der Waals surface area contributed by atoms with Gasteiger partial charge in [-0.05, 0) is 24.0 Å². The van der Waals surface area contributed by atoms with Gasteiger partial charge in [-0.3, -0.25) is 4.79 Å². The lowest BCUT2D eigenvalue weighted by molar-refractivity contribution is -0.114. The van der Waals surface area contributed by atoms with Crippen molar-refractivity contribution in [1.82, 2.24) is 0 Å². The zero-order valence-corrected chi connectivity index (χ0v) is 12.8. The van der Waals surface area contributed by atoms with Crippen LogP contribution in [0.1, 0.15) is 32.1 Å². The third-order valence-corrected chi connectivity index (χ3v) is 6.54. The monoisotopic (exact) mass is 264 g/mol. The molecule has 2 rings (SSSR count). The second kappa shape index (κ2) is 4.69. The molecule has 0 aliphatic heterocycles. The molecule has 1 fully saturated rings. The van der Waals surface area contributed by atoms with E-state index in [2.05, 4.69) is 26.2 Å². The first-order valence-electron chi connectivity index (χ1n) is 7.01. The Balaban J connectivity index is 2.38. The summed E-state index contributed by atoms with van der Waals surface area (Å²) in [4.78, 5) is 12.0. The largest absolute Gasteiger partial charge is 0.504 e. The Hall–Kier alpha value is -0.833. The van der Waals surface area contributed by atoms with Crippen molar-refractivity contribution in [2.75, 3.05) is 0 Å². The van der Waals surface area contributed by atoms with E-state index in [1.807, 2.05) is 0 Å². The van der Waals surface area contributed by atoms with Gasteiger partial charge in [0.1, 0.15) is 0 Å². The summed E-state index contributed by atoms with van der Waals surface area (Å²) in [5.41, 5.74) is 0.650. The van der Waals surface area contributed by atoms with E-state index in [-0.39, 0.29) is 17.5 Å². The van der Waals surface area contributed by atoms with Crippen LogP contribution in [0.3, 0.4) is 0 Å². The Morgan fingerprint density at radius 3 is 2.22 bits per heavy atom. The summed E-state index contributed by atoms with van der Waals surface area (Å²) in [6.45, 7) is 10.6. The SMILES string of the molecule is C=C1C(=O)C(O)=C([Si](C)(C)C)[C@H]1C1CCCCC1. The van der Waals surface area contributed by atoms with Gasteiger partial charge in [-0.25, -0.2) is 0 Å². The molecule has 0 saturated heterocycles.